The summed E-state index contributed by atoms with van der Waals surface area (Å²) < 4.78 is 1.88. The van der Waals surface area contributed by atoms with Crippen LogP contribution < -0.4 is 5.73 Å². The number of hydrogen-bond acceptors (Lipinski definition) is 3. The second-order valence-corrected chi connectivity index (χ2v) is 2.54. The van der Waals surface area contributed by atoms with Crippen molar-refractivity contribution in [3.8, 4) is 0 Å². The molecule has 0 fully saturated rings. The van der Waals surface area contributed by atoms with E-state index in [1.165, 1.54) is 0 Å². The molecule has 1 heterocycles. The average molecular weight is 213 g/mol. The van der Waals surface area contributed by atoms with Gasteiger partial charge >= 0.3 is 0 Å². The van der Waals surface area contributed by atoms with Gasteiger partial charge in [0.2, 0.25) is 0 Å². The lowest BCUT2D eigenvalue weighted by molar-refractivity contribution is 0.670. The molecule has 1 rings (SSSR count). The fraction of sp³-hybridized carbons (Fsp3) is 0.667. The van der Waals surface area contributed by atoms with Gasteiger partial charge < -0.3 is 10.3 Å². The van der Waals surface area contributed by atoms with Crippen molar-refractivity contribution >= 4 is 24.8 Å². The molecule has 0 aromatic carbocycles. The van der Waals surface area contributed by atoms with Crippen LogP contribution in [0.1, 0.15) is 12.7 Å². The van der Waals surface area contributed by atoms with Crippen LogP contribution in [0.2, 0.25) is 0 Å². The molecular formula is C6H14Cl2N4. The van der Waals surface area contributed by atoms with Crippen molar-refractivity contribution < 1.29 is 0 Å². The Morgan fingerprint density at radius 2 is 2.17 bits per heavy atom. The van der Waals surface area contributed by atoms with Gasteiger partial charge in [-0.1, -0.05) is 0 Å². The molecule has 0 aliphatic carbocycles. The highest BCUT2D eigenvalue weighted by atomic mass is 35.5. The van der Waals surface area contributed by atoms with Gasteiger partial charge in [-0.15, -0.1) is 35.0 Å². The molecule has 1 unspecified atom stereocenters. The van der Waals surface area contributed by atoms with E-state index in [9.17, 15) is 0 Å². The molecule has 0 aliphatic heterocycles. The van der Waals surface area contributed by atoms with Gasteiger partial charge in [0, 0.05) is 19.5 Å². The second-order valence-electron chi connectivity index (χ2n) is 2.54. The van der Waals surface area contributed by atoms with E-state index in [1.54, 1.807) is 6.33 Å². The minimum absolute atomic E-state index is 0. The van der Waals surface area contributed by atoms with E-state index in [4.69, 9.17) is 5.73 Å². The molecule has 0 saturated carbocycles. The summed E-state index contributed by atoms with van der Waals surface area (Å²) in [5.74, 6) is 0.940. The molecule has 12 heavy (non-hydrogen) atoms. The zero-order valence-corrected chi connectivity index (χ0v) is 8.73. The highest BCUT2D eigenvalue weighted by molar-refractivity contribution is 5.85. The first-order valence-corrected chi connectivity index (χ1v) is 3.28. The number of rotatable bonds is 2. The van der Waals surface area contributed by atoms with Gasteiger partial charge in [-0.05, 0) is 6.92 Å². The fourth-order valence-corrected chi connectivity index (χ4v) is 0.780. The SMILES string of the molecule is CC(N)Cc1nncn1C.Cl.Cl. The number of nitrogens with zero attached hydrogens (tertiary/aromatic N) is 3. The van der Waals surface area contributed by atoms with Crippen molar-refractivity contribution in [3.05, 3.63) is 12.2 Å². The number of aryl methyl sites for hydroxylation is 1. The third-order valence-corrected chi connectivity index (χ3v) is 1.31. The Balaban J connectivity index is 0. The molecule has 1 atom stereocenters. The average Bonchev–Trinajstić information content (AvgIpc) is 2.15. The minimum atomic E-state index is 0. The molecule has 0 aliphatic rings. The van der Waals surface area contributed by atoms with Gasteiger partial charge in [0.05, 0.1) is 0 Å². The van der Waals surface area contributed by atoms with E-state index in [-0.39, 0.29) is 30.9 Å². The standard InChI is InChI=1S/C6H12N4.2ClH/c1-5(7)3-6-9-8-4-10(6)2;;/h4-5H,3,7H2,1-2H3;2*1H. The van der Waals surface area contributed by atoms with Gasteiger partial charge in [0.25, 0.3) is 0 Å². The van der Waals surface area contributed by atoms with Gasteiger partial charge in [0.1, 0.15) is 12.2 Å². The second kappa shape index (κ2) is 6.22. The predicted octanol–water partition coefficient (Wildman–Crippen LogP) is 0.548. The van der Waals surface area contributed by atoms with Gasteiger partial charge in [-0.3, -0.25) is 0 Å². The molecule has 0 radical (unpaired) electrons. The maximum absolute atomic E-state index is 5.57. The van der Waals surface area contributed by atoms with Crippen LogP contribution in [0.25, 0.3) is 0 Å². The van der Waals surface area contributed by atoms with E-state index < -0.39 is 0 Å². The van der Waals surface area contributed by atoms with E-state index >= 15 is 0 Å². The number of hydrogen-bond donors (Lipinski definition) is 1. The minimum Gasteiger partial charge on any atom is -0.328 e. The molecule has 1 aromatic rings. The molecule has 0 bridgehead atoms. The van der Waals surface area contributed by atoms with Gasteiger partial charge in [0.15, 0.2) is 0 Å². The first-order valence-electron chi connectivity index (χ1n) is 3.28. The largest absolute Gasteiger partial charge is 0.328 e. The molecule has 2 N–H and O–H groups in total. The molecular weight excluding hydrogens is 199 g/mol. The third-order valence-electron chi connectivity index (χ3n) is 1.31. The Hall–Kier alpha value is -0.320. The Morgan fingerprint density at radius 3 is 2.50 bits per heavy atom. The lowest BCUT2D eigenvalue weighted by Gasteiger charge is -2.02. The van der Waals surface area contributed by atoms with Crippen molar-refractivity contribution in [2.24, 2.45) is 12.8 Å². The lowest BCUT2D eigenvalue weighted by atomic mass is 10.2. The normalized spacial score (nSPS) is 11.2. The zero-order valence-electron chi connectivity index (χ0n) is 7.10. The van der Waals surface area contributed by atoms with Crippen LogP contribution in [0.15, 0.2) is 6.33 Å². The Labute approximate surface area is 84.4 Å². The number of nitrogens with two attached hydrogens (primary N) is 1. The zero-order chi connectivity index (χ0) is 7.56. The highest BCUT2D eigenvalue weighted by Gasteiger charge is 2.02. The molecule has 0 saturated heterocycles. The summed E-state index contributed by atoms with van der Waals surface area (Å²) in [4.78, 5) is 0. The Kier molecular flexibility index (Phi) is 7.37. The summed E-state index contributed by atoms with van der Waals surface area (Å²) in [6.07, 6.45) is 2.47. The first-order chi connectivity index (χ1) is 4.70. The summed E-state index contributed by atoms with van der Waals surface area (Å²) in [6, 6.07) is 0.155. The van der Waals surface area contributed by atoms with Gasteiger partial charge in [-0.2, -0.15) is 0 Å². The quantitative estimate of drug-likeness (QED) is 0.780. The molecule has 1 aromatic heterocycles. The maximum Gasteiger partial charge on any atom is 0.134 e. The van der Waals surface area contributed by atoms with E-state index in [0.29, 0.717) is 0 Å². The molecule has 0 amide bonds. The topological polar surface area (TPSA) is 56.7 Å². The van der Waals surface area contributed by atoms with Crippen molar-refractivity contribution in [3.63, 3.8) is 0 Å². The van der Waals surface area contributed by atoms with E-state index in [1.807, 2.05) is 18.5 Å². The summed E-state index contributed by atoms with van der Waals surface area (Å²) in [6.45, 7) is 1.95. The number of halogens is 2. The van der Waals surface area contributed by atoms with Crippen LogP contribution in [0.4, 0.5) is 0 Å². The predicted molar refractivity (Wildman–Crippen MR) is 52.9 cm³/mol. The van der Waals surface area contributed by atoms with Crippen molar-refractivity contribution in [1.29, 1.82) is 0 Å². The van der Waals surface area contributed by atoms with Crippen molar-refractivity contribution in [2.45, 2.75) is 19.4 Å². The Bertz CT molecular complexity index is 211. The first kappa shape index (κ1) is 14.2. The van der Waals surface area contributed by atoms with Crippen LogP contribution in [-0.2, 0) is 13.5 Å². The molecule has 0 spiro atoms. The summed E-state index contributed by atoms with van der Waals surface area (Å²) >= 11 is 0. The molecule has 72 valence electrons. The lowest BCUT2D eigenvalue weighted by Crippen LogP contribution is -2.19. The smallest absolute Gasteiger partial charge is 0.134 e. The summed E-state index contributed by atoms with van der Waals surface area (Å²) in [5.41, 5.74) is 5.57. The van der Waals surface area contributed by atoms with Crippen molar-refractivity contribution in [1.82, 2.24) is 14.8 Å². The molecule has 4 nitrogen and oxygen atoms in total. The third kappa shape index (κ3) is 3.90. The van der Waals surface area contributed by atoms with Gasteiger partial charge in [-0.25, -0.2) is 0 Å². The number of aromatic nitrogens is 3. The Morgan fingerprint density at radius 1 is 1.58 bits per heavy atom. The van der Waals surface area contributed by atoms with Crippen LogP contribution >= 0.6 is 24.8 Å². The fourth-order valence-electron chi connectivity index (χ4n) is 0.780. The summed E-state index contributed by atoms with van der Waals surface area (Å²) in [7, 11) is 1.91. The van der Waals surface area contributed by atoms with E-state index in [2.05, 4.69) is 10.2 Å². The maximum atomic E-state index is 5.57. The highest BCUT2D eigenvalue weighted by Crippen LogP contribution is 1.94. The molecule has 6 heteroatoms. The van der Waals surface area contributed by atoms with E-state index in [0.717, 1.165) is 12.2 Å². The van der Waals surface area contributed by atoms with Crippen LogP contribution in [-0.4, -0.2) is 20.8 Å². The van der Waals surface area contributed by atoms with Crippen molar-refractivity contribution in [2.75, 3.05) is 0 Å². The summed E-state index contributed by atoms with van der Waals surface area (Å²) in [5, 5.41) is 7.62. The van der Waals surface area contributed by atoms with Crippen LogP contribution in [0.5, 0.6) is 0 Å². The van der Waals surface area contributed by atoms with Crippen LogP contribution in [0, 0.1) is 0 Å². The monoisotopic (exact) mass is 212 g/mol. The van der Waals surface area contributed by atoms with Crippen LogP contribution in [0.3, 0.4) is 0 Å².